The summed E-state index contributed by atoms with van der Waals surface area (Å²) in [6, 6.07) is 8.02. The van der Waals surface area contributed by atoms with Gasteiger partial charge in [-0.1, -0.05) is 42.5 Å². The minimum atomic E-state index is -0.641. The molecular formula is C30H35ClN6O2. The molecule has 4 rings (SSSR count). The Morgan fingerprint density at radius 3 is 2.38 bits per heavy atom. The molecule has 2 aliphatic rings. The molecule has 2 aliphatic heterocycles. The van der Waals surface area contributed by atoms with Crippen LogP contribution in [0.25, 0.3) is 10.9 Å². The SMILES string of the molecule is C=C/C(=C\C=C/C)C1(C#N)CCN(c2c(C(=O)N3CCN(C(=O)N(C)C)CC3)cnc3ccc(Cl)cc23)CC1. The highest BCUT2D eigenvalue weighted by atomic mass is 35.5. The van der Waals surface area contributed by atoms with Crippen molar-refractivity contribution in [3.8, 4) is 6.07 Å². The average Bonchev–Trinajstić information content (AvgIpc) is 2.96. The number of aromatic nitrogens is 1. The number of pyridine rings is 1. The molecule has 1 aromatic carbocycles. The summed E-state index contributed by atoms with van der Waals surface area (Å²) in [7, 11) is 3.46. The standard InChI is InChI=1S/C30H35ClN6O2/c1-5-7-8-22(6-2)30(21-32)11-13-35(14-12-30)27-24-19-23(31)9-10-26(24)33-20-25(27)28(38)36-15-17-37(18-16-36)29(39)34(3)4/h5-10,19-20H,2,11-18H2,1,3-4H3/b7-5-,22-8+. The monoisotopic (exact) mass is 546 g/mol. The van der Waals surface area contributed by atoms with Crippen LogP contribution in [0.15, 0.2) is 60.9 Å². The van der Waals surface area contributed by atoms with Crippen LogP contribution in [0.3, 0.4) is 0 Å². The lowest BCUT2D eigenvalue weighted by Crippen LogP contribution is -2.53. The number of piperazine rings is 1. The Bertz CT molecular complexity index is 1360. The maximum absolute atomic E-state index is 13.9. The molecule has 0 radical (unpaired) electrons. The maximum Gasteiger partial charge on any atom is 0.319 e. The lowest BCUT2D eigenvalue weighted by molar-refractivity contribution is 0.0650. The number of urea groups is 1. The number of carbonyl (C=O) groups is 2. The molecule has 39 heavy (non-hydrogen) atoms. The summed E-state index contributed by atoms with van der Waals surface area (Å²) in [6.45, 7) is 8.92. The molecule has 0 spiro atoms. The Balaban J connectivity index is 1.66. The summed E-state index contributed by atoms with van der Waals surface area (Å²) in [5.41, 5.74) is 2.33. The normalized spacial score (nSPS) is 17.8. The van der Waals surface area contributed by atoms with Crippen molar-refractivity contribution in [2.24, 2.45) is 5.41 Å². The summed E-state index contributed by atoms with van der Waals surface area (Å²) < 4.78 is 0. The predicted octanol–water partition coefficient (Wildman–Crippen LogP) is 5.13. The second-order valence-corrected chi connectivity index (χ2v) is 10.6. The van der Waals surface area contributed by atoms with Crippen molar-refractivity contribution < 1.29 is 9.59 Å². The Kier molecular flexibility index (Phi) is 8.61. The van der Waals surface area contributed by atoms with Crippen molar-refractivity contribution in [3.63, 3.8) is 0 Å². The van der Waals surface area contributed by atoms with Crippen molar-refractivity contribution in [2.75, 3.05) is 58.3 Å². The van der Waals surface area contributed by atoms with E-state index in [-0.39, 0.29) is 11.9 Å². The van der Waals surface area contributed by atoms with Crippen molar-refractivity contribution in [1.82, 2.24) is 19.7 Å². The van der Waals surface area contributed by atoms with Gasteiger partial charge in [-0.15, -0.1) is 0 Å². The molecule has 0 saturated carbocycles. The summed E-state index contributed by atoms with van der Waals surface area (Å²) >= 11 is 6.41. The fourth-order valence-electron chi connectivity index (χ4n) is 5.40. The Morgan fingerprint density at radius 1 is 1.13 bits per heavy atom. The van der Waals surface area contributed by atoms with E-state index in [4.69, 9.17) is 11.6 Å². The third-order valence-electron chi connectivity index (χ3n) is 7.64. The van der Waals surface area contributed by atoms with E-state index in [1.54, 1.807) is 47.1 Å². The Morgan fingerprint density at radius 2 is 1.79 bits per heavy atom. The van der Waals surface area contributed by atoms with E-state index in [0.29, 0.717) is 62.7 Å². The number of allylic oxidation sites excluding steroid dienone is 5. The molecule has 3 amide bonds. The first-order valence-corrected chi connectivity index (χ1v) is 13.6. The lowest BCUT2D eigenvalue weighted by Gasteiger charge is -2.41. The van der Waals surface area contributed by atoms with Crippen molar-refractivity contribution in [3.05, 3.63) is 71.4 Å². The number of nitriles is 1. The Labute approximate surface area is 235 Å². The van der Waals surface area contributed by atoms with E-state index < -0.39 is 5.41 Å². The van der Waals surface area contributed by atoms with Crippen LogP contribution in [0, 0.1) is 16.7 Å². The van der Waals surface area contributed by atoms with Gasteiger partial charge in [0, 0.05) is 70.0 Å². The van der Waals surface area contributed by atoms with Crippen LogP contribution in [-0.2, 0) is 0 Å². The third-order valence-corrected chi connectivity index (χ3v) is 7.88. The molecule has 0 atom stereocenters. The maximum atomic E-state index is 13.9. The van der Waals surface area contributed by atoms with Crippen LogP contribution in [0.1, 0.15) is 30.1 Å². The predicted molar refractivity (Wildman–Crippen MR) is 156 cm³/mol. The van der Waals surface area contributed by atoms with Gasteiger partial charge in [0.15, 0.2) is 0 Å². The first-order valence-electron chi connectivity index (χ1n) is 13.2. The van der Waals surface area contributed by atoms with Gasteiger partial charge in [0.2, 0.25) is 0 Å². The summed E-state index contributed by atoms with van der Waals surface area (Å²) in [4.78, 5) is 38.1. The van der Waals surface area contributed by atoms with Gasteiger partial charge in [-0.25, -0.2) is 4.79 Å². The lowest BCUT2D eigenvalue weighted by atomic mass is 9.73. The molecular weight excluding hydrogens is 512 g/mol. The van der Waals surface area contributed by atoms with Crippen molar-refractivity contribution in [2.45, 2.75) is 19.8 Å². The van der Waals surface area contributed by atoms with E-state index in [1.807, 2.05) is 37.3 Å². The van der Waals surface area contributed by atoms with Gasteiger partial charge in [0.05, 0.1) is 28.3 Å². The molecule has 0 aliphatic carbocycles. The van der Waals surface area contributed by atoms with Gasteiger partial charge in [-0.05, 0) is 43.5 Å². The van der Waals surface area contributed by atoms with Gasteiger partial charge < -0.3 is 19.6 Å². The molecule has 2 aromatic rings. The Hall–Kier alpha value is -3.83. The van der Waals surface area contributed by atoms with Crippen LogP contribution in [0.4, 0.5) is 10.5 Å². The molecule has 2 fully saturated rings. The number of carbonyl (C=O) groups excluding carboxylic acids is 2. The minimum Gasteiger partial charge on any atom is -0.370 e. The number of benzene rings is 1. The van der Waals surface area contributed by atoms with Crippen molar-refractivity contribution >= 4 is 40.1 Å². The fraction of sp³-hybridized carbons (Fsp3) is 0.400. The van der Waals surface area contributed by atoms with Gasteiger partial charge in [-0.3, -0.25) is 9.78 Å². The number of hydrogen-bond acceptors (Lipinski definition) is 5. The van der Waals surface area contributed by atoms with Crippen LogP contribution >= 0.6 is 11.6 Å². The van der Waals surface area contributed by atoms with Crippen LogP contribution in [-0.4, -0.2) is 85.0 Å². The van der Waals surface area contributed by atoms with Gasteiger partial charge in [0.1, 0.15) is 0 Å². The van der Waals surface area contributed by atoms with E-state index in [9.17, 15) is 14.9 Å². The van der Waals surface area contributed by atoms with Gasteiger partial charge in [0.25, 0.3) is 5.91 Å². The minimum absolute atomic E-state index is 0.0542. The first kappa shape index (κ1) is 28.2. The second kappa shape index (κ2) is 11.9. The first-order chi connectivity index (χ1) is 18.7. The number of nitrogens with zero attached hydrogens (tertiary/aromatic N) is 6. The van der Waals surface area contributed by atoms with Gasteiger partial charge >= 0.3 is 6.03 Å². The molecule has 8 nitrogen and oxygen atoms in total. The molecule has 0 N–H and O–H groups in total. The molecule has 3 heterocycles. The number of fused-ring (bicyclic) bond motifs is 1. The van der Waals surface area contributed by atoms with Gasteiger partial charge in [-0.2, -0.15) is 5.26 Å². The highest BCUT2D eigenvalue weighted by Crippen LogP contribution is 2.42. The van der Waals surface area contributed by atoms with E-state index >= 15 is 0 Å². The smallest absolute Gasteiger partial charge is 0.319 e. The molecule has 2 saturated heterocycles. The number of hydrogen-bond donors (Lipinski definition) is 0. The van der Waals surface area contributed by atoms with E-state index in [2.05, 4.69) is 22.5 Å². The highest BCUT2D eigenvalue weighted by Gasteiger charge is 2.38. The van der Waals surface area contributed by atoms with Crippen molar-refractivity contribution in [1.29, 1.82) is 5.26 Å². The van der Waals surface area contributed by atoms with E-state index in [0.717, 1.165) is 22.2 Å². The number of piperidine rings is 1. The second-order valence-electron chi connectivity index (χ2n) is 10.2. The zero-order valence-electron chi connectivity index (χ0n) is 22.9. The van der Waals surface area contributed by atoms with Crippen LogP contribution in [0.2, 0.25) is 5.02 Å². The van der Waals surface area contributed by atoms with Crippen LogP contribution in [0.5, 0.6) is 0 Å². The number of anilines is 1. The third kappa shape index (κ3) is 5.64. The fourth-order valence-corrected chi connectivity index (χ4v) is 5.57. The summed E-state index contributed by atoms with van der Waals surface area (Å²) in [6.07, 6.45) is 10.5. The average molecular weight is 547 g/mol. The summed E-state index contributed by atoms with van der Waals surface area (Å²) in [5, 5.41) is 11.6. The highest BCUT2D eigenvalue weighted by molar-refractivity contribution is 6.31. The number of amides is 3. The molecule has 0 bridgehead atoms. The van der Waals surface area contributed by atoms with E-state index in [1.165, 1.54) is 0 Å². The molecule has 0 unspecified atom stereocenters. The molecule has 1 aromatic heterocycles. The van der Waals surface area contributed by atoms with Crippen LogP contribution < -0.4 is 4.90 Å². The quantitative estimate of drug-likeness (QED) is 0.486. The molecule has 204 valence electrons. The number of halogens is 1. The topological polar surface area (TPSA) is 83.8 Å². The zero-order chi connectivity index (χ0) is 28.2. The zero-order valence-corrected chi connectivity index (χ0v) is 23.6. The largest absolute Gasteiger partial charge is 0.370 e. The number of rotatable bonds is 5. The molecule has 9 heteroatoms. The summed E-state index contributed by atoms with van der Waals surface area (Å²) in [5.74, 6) is -0.117.